The summed E-state index contributed by atoms with van der Waals surface area (Å²) in [7, 11) is 2.21. The fourth-order valence-electron chi connectivity index (χ4n) is 2.41. The first-order valence-electron chi connectivity index (χ1n) is 4.91. The fourth-order valence-corrected chi connectivity index (χ4v) is 2.41. The molecule has 3 heteroatoms. The van der Waals surface area contributed by atoms with E-state index in [9.17, 15) is 0 Å². The molecule has 1 unspecified atom stereocenters. The second kappa shape index (κ2) is 2.74. The van der Waals surface area contributed by atoms with Crippen LogP contribution in [0, 0.1) is 0 Å². The molecule has 0 N–H and O–H groups in total. The van der Waals surface area contributed by atoms with Crippen molar-refractivity contribution in [3.05, 3.63) is 29.6 Å². The van der Waals surface area contributed by atoms with Crippen LogP contribution in [0.1, 0.15) is 17.4 Å². The molecule has 0 amide bonds. The van der Waals surface area contributed by atoms with Gasteiger partial charge in [-0.15, -0.1) is 6.07 Å². The molecule has 2 aliphatic rings. The second-order valence-corrected chi connectivity index (χ2v) is 4.06. The van der Waals surface area contributed by atoms with Crippen LogP contribution in [-0.4, -0.2) is 25.0 Å². The van der Waals surface area contributed by atoms with Crippen molar-refractivity contribution in [2.45, 2.75) is 12.5 Å². The predicted octanol–water partition coefficient (Wildman–Crippen LogP) is 0.749. The zero-order valence-electron chi connectivity index (χ0n) is 8.16. The van der Waals surface area contributed by atoms with Gasteiger partial charge in [0.2, 0.25) is 0 Å². The van der Waals surface area contributed by atoms with Crippen LogP contribution >= 0.6 is 0 Å². The van der Waals surface area contributed by atoms with E-state index in [1.807, 2.05) is 0 Å². The van der Waals surface area contributed by atoms with Gasteiger partial charge in [-0.2, -0.15) is 0 Å². The summed E-state index contributed by atoms with van der Waals surface area (Å²) < 4.78 is 2.48. The van der Waals surface area contributed by atoms with E-state index in [1.54, 1.807) is 0 Å². The fraction of sp³-hybridized carbons (Fsp3) is 0.455. The van der Waals surface area contributed by atoms with Crippen LogP contribution in [0.15, 0.2) is 18.2 Å². The van der Waals surface area contributed by atoms with Crippen LogP contribution in [-0.2, 0) is 6.42 Å². The standard InChI is InChI=1S/C11H14N2.Lr/c1-12-7-6-10-3-2-9-4-5-11(8-12)13(9)10;/h2-5,11H,6-8H2,1H3;. The van der Waals surface area contributed by atoms with E-state index in [4.69, 9.17) is 0 Å². The molecule has 2 aliphatic heterocycles. The molecule has 14 heavy (non-hydrogen) atoms. The van der Waals surface area contributed by atoms with Crippen molar-refractivity contribution in [3.8, 4) is 0 Å². The molecule has 0 saturated carbocycles. The third-order valence-corrected chi connectivity index (χ3v) is 3.10. The van der Waals surface area contributed by atoms with Gasteiger partial charge in [0.25, 0.3) is 0 Å². The SMILES string of the molecule is CN1CCc2cc[c-]3[n+]2C(C=C3)C1.[Lr]. The predicted molar refractivity (Wildman–Crippen MR) is 51.5 cm³/mol. The molecule has 1 aromatic rings. The van der Waals surface area contributed by atoms with Gasteiger partial charge in [-0.3, -0.25) is 4.57 Å². The molecule has 1 atom stereocenters. The molecule has 0 aromatic carbocycles. The Morgan fingerprint density at radius 3 is 3.29 bits per heavy atom. The number of hydrogen-bond acceptors (Lipinski definition) is 1. The van der Waals surface area contributed by atoms with Gasteiger partial charge in [0, 0.05) is 6.42 Å². The van der Waals surface area contributed by atoms with Crippen LogP contribution in [0.25, 0.3) is 6.08 Å². The first kappa shape index (κ1) is 8.57. The van der Waals surface area contributed by atoms with E-state index in [0.29, 0.717) is 6.04 Å². The Morgan fingerprint density at radius 2 is 2.43 bits per heavy atom. The Labute approximate surface area is 78.5 Å². The topological polar surface area (TPSA) is 7.12 Å². The number of nitrogens with zero attached hydrogens (tertiary/aromatic N) is 2. The van der Waals surface area contributed by atoms with Crippen LogP contribution in [0.4, 0.5) is 0 Å². The first-order chi connectivity index (χ1) is 6.34. The van der Waals surface area contributed by atoms with E-state index in [2.05, 4.69) is 40.8 Å². The zero-order chi connectivity index (χ0) is 8.84. The van der Waals surface area contributed by atoms with Gasteiger partial charge in [0.05, 0.1) is 12.2 Å². The Morgan fingerprint density at radius 1 is 1.57 bits per heavy atom. The average molecular weight is 436 g/mol. The normalized spacial score (nSPS) is 24.2. The van der Waals surface area contributed by atoms with Gasteiger partial charge in [-0.25, -0.2) is 0 Å². The van der Waals surface area contributed by atoms with Gasteiger partial charge in [-0.05, 0) is 13.6 Å². The van der Waals surface area contributed by atoms with Gasteiger partial charge in [-0.1, -0.05) is 18.2 Å². The molecule has 0 fully saturated rings. The molecule has 3 heterocycles. The summed E-state index contributed by atoms with van der Waals surface area (Å²) >= 11 is 0. The largest absolute Gasteiger partial charge is 0.301 e. The molecule has 3 rings (SSSR count). The number of likely N-dealkylation sites (N-methyl/N-ethyl adjacent to an activating group) is 1. The summed E-state index contributed by atoms with van der Waals surface area (Å²) in [6.07, 6.45) is 5.75. The molecule has 1 aromatic heterocycles. The minimum atomic E-state index is 0. The molecule has 0 bridgehead atoms. The van der Waals surface area contributed by atoms with E-state index < -0.39 is 0 Å². The second-order valence-electron chi connectivity index (χ2n) is 4.06. The smallest absolute Gasteiger partial charge is 0.141 e. The van der Waals surface area contributed by atoms with E-state index in [1.165, 1.54) is 24.4 Å². The third-order valence-electron chi connectivity index (χ3n) is 3.10. The summed E-state index contributed by atoms with van der Waals surface area (Å²) in [6.45, 7) is 2.35. The quantitative estimate of drug-likeness (QED) is 0.430. The molecular formula is C11H14LrN2. The Hall–Kier alpha value is -2.02. The van der Waals surface area contributed by atoms with Crippen molar-refractivity contribution in [1.29, 1.82) is 0 Å². The van der Waals surface area contributed by atoms with Gasteiger partial charge < -0.3 is 4.90 Å². The summed E-state index contributed by atoms with van der Waals surface area (Å²) in [6, 6.07) is 5.09. The Bertz CT molecular complexity index is 367. The number of rotatable bonds is 0. The molecule has 1 radical (unpaired) electrons. The summed E-state index contributed by atoms with van der Waals surface area (Å²) in [5.41, 5.74) is 2.88. The van der Waals surface area contributed by atoms with Crippen LogP contribution in [0.5, 0.6) is 0 Å². The van der Waals surface area contributed by atoms with Crippen molar-refractivity contribution in [3.63, 3.8) is 0 Å². The van der Waals surface area contributed by atoms with Crippen LogP contribution in [0.3, 0.4) is 0 Å². The maximum Gasteiger partial charge on any atom is 0.141 e. The summed E-state index contributed by atoms with van der Waals surface area (Å²) in [4.78, 5) is 2.41. The van der Waals surface area contributed by atoms with Crippen LogP contribution in [0.2, 0.25) is 0 Å². The van der Waals surface area contributed by atoms with Crippen molar-refractivity contribution in [2.24, 2.45) is 0 Å². The van der Waals surface area contributed by atoms with Crippen molar-refractivity contribution >= 4 is 6.08 Å². The maximum atomic E-state index is 2.48. The molecular weight excluding hydrogens is 422 g/mol. The summed E-state index contributed by atoms with van der Waals surface area (Å²) in [5, 5.41) is 0. The zero-order valence-corrected chi connectivity index (χ0v) is 10.3. The first-order valence-corrected chi connectivity index (χ1v) is 4.91. The molecule has 0 spiro atoms. The molecule has 0 saturated heterocycles. The van der Waals surface area contributed by atoms with Gasteiger partial charge in [0.15, 0.2) is 0 Å². The summed E-state index contributed by atoms with van der Waals surface area (Å²) in [5.74, 6) is 0. The monoisotopic (exact) mass is 436 g/mol. The molecule has 83 valence electrons. The van der Waals surface area contributed by atoms with E-state index in [0.717, 1.165) is 6.54 Å². The van der Waals surface area contributed by atoms with Crippen molar-refractivity contribution in [2.75, 3.05) is 20.1 Å². The van der Waals surface area contributed by atoms with Gasteiger partial charge in [0.1, 0.15) is 11.7 Å². The van der Waals surface area contributed by atoms with E-state index >= 15 is 0 Å². The molecule has 0 aliphatic carbocycles. The minimum absolute atomic E-state index is 0. The molecule has 2 nitrogen and oxygen atoms in total. The van der Waals surface area contributed by atoms with Crippen molar-refractivity contribution < 1.29 is 4.57 Å². The van der Waals surface area contributed by atoms with E-state index in [-0.39, 0.29) is 0 Å². The maximum absolute atomic E-state index is 2.48. The third kappa shape index (κ3) is 0.958. The number of hydrogen-bond donors (Lipinski definition) is 0. The average Bonchev–Trinajstić information content (AvgIpc) is 2.62. The number of aromatic nitrogens is 1. The van der Waals surface area contributed by atoms with Crippen molar-refractivity contribution in [1.82, 2.24) is 4.90 Å². The minimum Gasteiger partial charge on any atom is -0.301 e. The Balaban J connectivity index is 0.000000750. The Kier molecular flexibility index (Phi) is 1.68. The van der Waals surface area contributed by atoms with Crippen LogP contribution < -0.4 is 4.57 Å². The van der Waals surface area contributed by atoms with Gasteiger partial charge >= 0.3 is 0 Å².